The van der Waals surface area contributed by atoms with Crippen molar-refractivity contribution < 1.29 is 0 Å². The number of fused-ring (bicyclic) bond motifs is 6. The summed E-state index contributed by atoms with van der Waals surface area (Å²) in [6, 6.07) is 54.6. The van der Waals surface area contributed by atoms with Crippen molar-refractivity contribution >= 4 is 55.0 Å². The van der Waals surface area contributed by atoms with Crippen LogP contribution in [0.2, 0.25) is 0 Å². The van der Waals surface area contributed by atoms with Crippen molar-refractivity contribution in [3.8, 4) is 33.6 Å². The van der Waals surface area contributed by atoms with Crippen molar-refractivity contribution in [2.45, 2.75) is 0 Å². The van der Waals surface area contributed by atoms with Gasteiger partial charge in [-0.15, -0.1) is 0 Å². The fraction of sp³-hybridized carbons (Fsp3) is 0. The van der Waals surface area contributed by atoms with Gasteiger partial charge in [0.25, 0.3) is 0 Å². The maximum Gasteiger partial charge on any atom is 0.189 e. The van der Waals surface area contributed by atoms with E-state index < -0.39 is 0 Å². The van der Waals surface area contributed by atoms with Crippen molar-refractivity contribution in [2.75, 3.05) is 0 Å². The topological polar surface area (TPSA) is 18.6 Å². The van der Waals surface area contributed by atoms with E-state index >= 15 is 0 Å². The predicted octanol–water partition coefficient (Wildman–Crippen LogP) is 12.3. The van der Waals surface area contributed by atoms with Gasteiger partial charge >= 0.3 is 0 Å². The molecule has 0 unspecified atom stereocenters. The molecule has 0 spiro atoms. The molecule has 0 aliphatic heterocycles. The Morgan fingerprint density at radius 3 is 1.44 bits per heavy atom. The average Bonchev–Trinajstić information content (AvgIpc) is 3.67. The Bertz CT molecular complexity index is 2730. The fourth-order valence-corrected chi connectivity index (χ4v) is 7.15. The van der Waals surface area contributed by atoms with E-state index in [1.165, 1.54) is 21.8 Å². The van der Waals surface area contributed by atoms with Crippen LogP contribution in [0.1, 0.15) is 0 Å². The third-order valence-corrected chi connectivity index (χ3v) is 9.37. The van der Waals surface area contributed by atoms with Crippen LogP contribution in [-0.2, 0) is 0 Å². The minimum atomic E-state index is 0.581. The van der Waals surface area contributed by atoms with E-state index in [-0.39, 0.29) is 0 Å². The molecule has 9 aromatic rings. The second-order valence-electron chi connectivity index (χ2n) is 12.0. The Morgan fingerprint density at radius 1 is 0.375 bits per heavy atom. The minimum Gasteiger partial charge on any atom is -0.310 e. The van der Waals surface area contributed by atoms with Gasteiger partial charge in [-0.1, -0.05) is 109 Å². The number of nitrogens with zero attached hydrogens (tertiary/aromatic N) is 4. The summed E-state index contributed by atoms with van der Waals surface area (Å²) in [5, 5.41) is 4.62. The zero-order valence-corrected chi connectivity index (χ0v) is 25.8. The standard InChI is InChI=1S/C44H26N4/c1-45-32-22-26-43-39(27-32)38-11-5-8-14-42(38)48(43)44-28-33(46-2)21-25-35(44)31-17-15-29(16-18-31)30-19-23-34(24-20-30)47-40-12-6-3-9-36(40)37-10-4-7-13-41(37)47/h3-28H. The third kappa shape index (κ3) is 4.22. The highest BCUT2D eigenvalue weighted by atomic mass is 15.0. The Labute approximate surface area is 277 Å². The van der Waals surface area contributed by atoms with Gasteiger partial charge in [0.1, 0.15) is 0 Å². The highest BCUT2D eigenvalue weighted by molar-refractivity contribution is 6.11. The second kappa shape index (κ2) is 10.9. The molecule has 0 N–H and O–H groups in total. The van der Waals surface area contributed by atoms with E-state index in [1.54, 1.807) is 0 Å². The highest BCUT2D eigenvalue weighted by Crippen LogP contribution is 2.40. The number of hydrogen-bond donors (Lipinski definition) is 0. The Kier molecular flexibility index (Phi) is 6.22. The Hall–Kier alpha value is -6.88. The van der Waals surface area contributed by atoms with Gasteiger partial charge in [0.05, 0.1) is 35.2 Å². The first-order chi connectivity index (χ1) is 23.7. The van der Waals surface area contributed by atoms with Crippen molar-refractivity contribution in [2.24, 2.45) is 0 Å². The second-order valence-corrected chi connectivity index (χ2v) is 12.0. The lowest BCUT2D eigenvalue weighted by molar-refractivity contribution is 1.18. The van der Waals surface area contributed by atoms with Crippen LogP contribution in [0.25, 0.3) is 86.9 Å². The normalized spacial score (nSPS) is 11.3. The van der Waals surface area contributed by atoms with Gasteiger partial charge in [0.2, 0.25) is 0 Å². The summed E-state index contributed by atoms with van der Waals surface area (Å²) in [6.45, 7) is 15.3. The predicted molar refractivity (Wildman–Crippen MR) is 199 cm³/mol. The highest BCUT2D eigenvalue weighted by Gasteiger charge is 2.17. The summed E-state index contributed by atoms with van der Waals surface area (Å²) >= 11 is 0. The number of aromatic nitrogens is 2. The molecule has 0 aliphatic carbocycles. The van der Waals surface area contributed by atoms with E-state index in [2.05, 4.69) is 128 Å². The zero-order chi connectivity index (χ0) is 32.2. The molecule has 0 saturated carbocycles. The van der Waals surface area contributed by atoms with E-state index in [0.717, 1.165) is 55.4 Å². The molecule has 2 aromatic heterocycles. The molecule has 0 amide bonds. The molecule has 222 valence electrons. The van der Waals surface area contributed by atoms with Gasteiger partial charge in [-0.25, -0.2) is 9.69 Å². The van der Waals surface area contributed by atoms with Gasteiger partial charge in [-0.05, 0) is 70.6 Å². The SMILES string of the molecule is [C-]#[N+]c1ccc(-c2ccc(-c3ccc(-n4c5ccccc5c5ccccc54)cc3)cc2)c(-n2c3ccccc3c3cc([N+]#[C-])ccc32)c1. The molecular formula is C44H26N4. The van der Waals surface area contributed by atoms with Crippen LogP contribution >= 0.6 is 0 Å². The first kappa shape index (κ1) is 27.4. The molecule has 4 heteroatoms. The maximum atomic E-state index is 7.76. The minimum absolute atomic E-state index is 0.581. The van der Waals surface area contributed by atoms with E-state index in [4.69, 9.17) is 13.1 Å². The smallest absolute Gasteiger partial charge is 0.189 e. The molecule has 2 heterocycles. The summed E-state index contributed by atoms with van der Waals surface area (Å²) in [4.78, 5) is 7.45. The van der Waals surface area contributed by atoms with Crippen LogP contribution in [0.15, 0.2) is 158 Å². The average molecular weight is 611 g/mol. The molecule has 9 rings (SSSR count). The Balaban J connectivity index is 1.13. The maximum absolute atomic E-state index is 7.76. The molecule has 0 fully saturated rings. The summed E-state index contributed by atoms with van der Waals surface area (Å²) in [6.07, 6.45) is 0. The van der Waals surface area contributed by atoms with Crippen LogP contribution in [0.5, 0.6) is 0 Å². The molecule has 4 nitrogen and oxygen atoms in total. The molecule has 7 aromatic carbocycles. The number of rotatable bonds is 4. The van der Waals surface area contributed by atoms with Crippen molar-refractivity contribution in [1.29, 1.82) is 0 Å². The van der Waals surface area contributed by atoms with Gasteiger partial charge in [0, 0.05) is 33.1 Å². The molecular weight excluding hydrogens is 585 g/mol. The molecule has 0 aliphatic rings. The number of benzene rings is 7. The third-order valence-electron chi connectivity index (χ3n) is 9.37. The summed E-state index contributed by atoms with van der Waals surface area (Å²) in [5.41, 5.74) is 12.1. The van der Waals surface area contributed by atoms with Crippen molar-refractivity contribution in [3.05, 3.63) is 181 Å². The van der Waals surface area contributed by atoms with Gasteiger partial charge in [-0.3, -0.25) is 0 Å². The van der Waals surface area contributed by atoms with Crippen molar-refractivity contribution in [3.63, 3.8) is 0 Å². The van der Waals surface area contributed by atoms with Crippen LogP contribution < -0.4 is 0 Å². The van der Waals surface area contributed by atoms with Crippen LogP contribution in [0.4, 0.5) is 11.4 Å². The Morgan fingerprint density at radius 2 is 0.833 bits per heavy atom. The lowest BCUT2D eigenvalue weighted by atomic mass is 9.98. The monoisotopic (exact) mass is 610 g/mol. The van der Waals surface area contributed by atoms with Crippen molar-refractivity contribution in [1.82, 2.24) is 9.13 Å². The fourth-order valence-electron chi connectivity index (χ4n) is 7.15. The summed E-state index contributed by atoms with van der Waals surface area (Å²) < 4.78 is 4.56. The van der Waals surface area contributed by atoms with E-state index in [1.807, 2.05) is 48.5 Å². The lowest BCUT2D eigenvalue weighted by Crippen LogP contribution is -1.97. The van der Waals surface area contributed by atoms with Gasteiger partial charge in [0.15, 0.2) is 11.4 Å². The molecule has 0 saturated heterocycles. The molecule has 0 radical (unpaired) electrons. The molecule has 48 heavy (non-hydrogen) atoms. The van der Waals surface area contributed by atoms with Crippen LogP contribution in [0.3, 0.4) is 0 Å². The van der Waals surface area contributed by atoms with Crippen LogP contribution in [0, 0.1) is 13.1 Å². The number of hydrogen-bond acceptors (Lipinski definition) is 0. The molecule has 0 bridgehead atoms. The first-order valence-electron chi connectivity index (χ1n) is 15.8. The van der Waals surface area contributed by atoms with Crippen LogP contribution in [-0.4, -0.2) is 9.13 Å². The van der Waals surface area contributed by atoms with Gasteiger partial charge < -0.3 is 9.13 Å². The largest absolute Gasteiger partial charge is 0.310 e. The zero-order valence-electron chi connectivity index (χ0n) is 25.8. The summed E-state index contributed by atoms with van der Waals surface area (Å²) in [5.74, 6) is 0. The van der Waals surface area contributed by atoms with Gasteiger partial charge in [-0.2, -0.15) is 0 Å². The molecule has 0 atom stereocenters. The van der Waals surface area contributed by atoms with E-state index in [9.17, 15) is 0 Å². The van der Waals surface area contributed by atoms with E-state index in [0.29, 0.717) is 11.4 Å². The first-order valence-corrected chi connectivity index (χ1v) is 15.8. The quantitative estimate of drug-likeness (QED) is 0.177. The summed E-state index contributed by atoms with van der Waals surface area (Å²) in [7, 11) is 0. The number of para-hydroxylation sites is 3. The lowest BCUT2D eigenvalue weighted by Gasteiger charge is -2.15.